The van der Waals surface area contributed by atoms with Crippen LogP contribution in [0.15, 0.2) is 108 Å². The monoisotopic (exact) mass is 467 g/mol. The fourth-order valence-corrected chi connectivity index (χ4v) is 4.09. The summed E-state index contributed by atoms with van der Waals surface area (Å²) in [6.45, 7) is 0.421. The highest BCUT2D eigenvalue weighted by atomic mass is 79.9. The second-order valence-electron chi connectivity index (χ2n) is 7.18. The van der Waals surface area contributed by atoms with Gasteiger partial charge in [-0.2, -0.15) is 0 Å². The minimum absolute atomic E-state index is 0.290. The summed E-state index contributed by atoms with van der Waals surface area (Å²) >= 11 is 3.48. The van der Waals surface area contributed by atoms with Gasteiger partial charge in [0.1, 0.15) is 5.84 Å². The molecule has 0 atom stereocenters. The van der Waals surface area contributed by atoms with Crippen LogP contribution in [-0.2, 0) is 6.54 Å². The molecule has 0 heterocycles. The molecule has 0 fully saturated rings. The van der Waals surface area contributed by atoms with Gasteiger partial charge >= 0.3 is 0 Å². The SMILES string of the molecule is N=CN(Cc1c(-c2ccccc2)cccc1-c1ccccc1)C(=N)c1cccc(Br)c1. The number of rotatable bonds is 6. The van der Waals surface area contributed by atoms with Crippen molar-refractivity contribution in [2.75, 3.05) is 0 Å². The van der Waals surface area contributed by atoms with Crippen LogP contribution in [-0.4, -0.2) is 17.1 Å². The quantitative estimate of drug-likeness (QED) is 0.228. The predicted molar refractivity (Wildman–Crippen MR) is 133 cm³/mol. The van der Waals surface area contributed by atoms with Crippen molar-refractivity contribution in [1.29, 1.82) is 10.8 Å². The molecule has 0 aliphatic heterocycles. The molecule has 0 unspecified atom stereocenters. The molecule has 0 aromatic heterocycles. The Balaban J connectivity index is 1.81. The van der Waals surface area contributed by atoms with Gasteiger partial charge in [-0.15, -0.1) is 0 Å². The van der Waals surface area contributed by atoms with E-state index in [1.54, 1.807) is 4.90 Å². The number of benzene rings is 4. The van der Waals surface area contributed by atoms with E-state index in [-0.39, 0.29) is 5.84 Å². The van der Waals surface area contributed by atoms with Crippen molar-refractivity contribution in [3.8, 4) is 22.3 Å². The molecule has 0 amide bonds. The van der Waals surface area contributed by atoms with E-state index >= 15 is 0 Å². The lowest BCUT2D eigenvalue weighted by Crippen LogP contribution is -2.29. The average Bonchev–Trinajstić information content (AvgIpc) is 2.83. The Kier molecular flexibility index (Phi) is 6.39. The van der Waals surface area contributed by atoms with E-state index in [9.17, 15) is 0 Å². The lowest BCUT2D eigenvalue weighted by Gasteiger charge is -2.24. The number of nitrogens with one attached hydrogen (secondary N) is 2. The Morgan fingerprint density at radius 1 is 0.742 bits per heavy atom. The first kappa shape index (κ1) is 20.8. The predicted octanol–water partition coefficient (Wildman–Crippen LogP) is 7.22. The maximum atomic E-state index is 8.74. The van der Waals surface area contributed by atoms with Crippen molar-refractivity contribution in [1.82, 2.24) is 4.90 Å². The van der Waals surface area contributed by atoms with Crippen LogP contribution in [0.2, 0.25) is 0 Å². The van der Waals surface area contributed by atoms with Crippen molar-refractivity contribution >= 4 is 28.1 Å². The largest absolute Gasteiger partial charge is 0.313 e. The number of hydrogen-bond acceptors (Lipinski definition) is 2. The molecule has 3 nitrogen and oxygen atoms in total. The second kappa shape index (κ2) is 9.54. The van der Waals surface area contributed by atoms with Crippen LogP contribution >= 0.6 is 15.9 Å². The molecule has 4 aromatic carbocycles. The Hall–Kier alpha value is -3.50. The number of hydrogen-bond donors (Lipinski definition) is 2. The van der Waals surface area contributed by atoms with Crippen LogP contribution in [0.1, 0.15) is 11.1 Å². The van der Waals surface area contributed by atoms with Crippen LogP contribution in [0.25, 0.3) is 22.3 Å². The summed E-state index contributed by atoms with van der Waals surface area (Å²) in [5.41, 5.74) is 6.30. The van der Waals surface area contributed by atoms with Gasteiger partial charge in [-0.25, -0.2) is 0 Å². The zero-order valence-corrected chi connectivity index (χ0v) is 18.5. The van der Waals surface area contributed by atoms with Crippen LogP contribution in [0, 0.1) is 10.8 Å². The molecule has 0 radical (unpaired) electrons. The Morgan fingerprint density at radius 2 is 1.29 bits per heavy atom. The van der Waals surface area contributed by atoms with E-state index in [1.165, 1.54) is 6.34 Å². The Bertz CT molecular complexity index is 1150. The molecule has 4 rings (SSSR count). The van der Waals surface area contributed by atoms with Crippen LogP contribution in [0.3, 0.4) is 0 Å². The van der Waals surface area contributed by atoms with Gasteiger partial charge in [0.15, 0.2) is 0 Å². The highest BCUT2D eigenvalue weighted by Crippen LogP contribution is 2.33. The van der Waals surface area contributed by atoms with Crippen molar-refractivity contribution in [3.05, 3.63) is 119 Å². The van der Waals surface area contributed by atoms with Gasteiger partial charge in [0.05, 0.1) is 12.9 Å². The van der Waals surface area contributed by atoms with Gasteiger partial charge in [0, 0.05) is 10.0 Å². The highest BCUT2D eigenvalue weighted by molar-refractivity contribution is 9.10. The lowest BCUT2D eigenvalue weighted by molar-refractivity contribution is 0.616. The highest BCUT2D eigenvalue weighted by Gasteiger charge is 2.17. The van der Waals surface area contributed by atoms with Crippen molar-refractivity contribution in [2.24, 2.45) is 0 Å². The van der Waals surface area contributed by atoms with Gasteiger partial charge in [0.25, 0.3) is 0 Å². The third-order valence-corrected chi connectivity index (χ3v) is 5.71. The summed E-state index contributed by atoms with van der Waals surface area (Å²) in [7, 11) is 0. The van der Waals surface area contributed by atoms with Gasteiger partial charge in [0.2, 0.25) is 0 Å². The fourth-order valence-electron chi connectivity index (χ4n) is 3.69. The maximum Gasteiger partial charge on any atom is 0.133 e. The molecule has 31 heavy (non-hydrogen) atoms. The molecule has 152 valence electrons. The molecule has 4 heteroatoms. The summed E-state index contributed by atoms with van der Waals surface area (Å²) in [5.74, 6) is 0.290. The third kappa shape index (κ3) is 4.65. The molecule has 0 aliphatic carbocycles. The van der Waals surface area contributed by atoms with Gasteiger partial charge < -0.3 is 4.90 Å². The standard InChI is InChI=1S/C27H22BrN3/c28-23-14-7-13-22(17-23)27(30)31(19-29)18-26-24(20-9-3-1-4-10-20)15-8-16-25(26)21-11-5-2-6-12-21/h1-17,19,29-30H,18H2. The van der Waals surface area contributed by atoms with Gasteiger partial charge in [-0.3, -0.25) is 10.8 Å². The molecule has 4 aromatic rings. The number of nitrogens with zero attached hydrogens (tertiary/aromatic N) is 1. The summed E-state index contributed by atoms with van der Waals surface area (Å²) in [6.07, 6.45) is 1.24. The van der Waals surface area contributed by atoms with Crippen LogP contribution in [0.4, 0.5) is 0 Å². The molecule has 0 spiro atoms. The average molecular weight is 468 g/mol. The first-order valence-corrected chi connectivity index (χ1v) is 10.8. The van der Waals surface area contributed by atoms with Crippen molar-refractivity contribution in [2.45, 2.75) is 6.54 Å². The minimum Gasteiger partial charge on any atom is -0.313 e. The third-order valence-electron chi connectivity index (χ3n) is 5.22. The number of halogens is 1. The summed E-state index contributed by atoms with van der Waals surface area (Å²) in [6, 6.07) is 34.5. The number of amidine groups is 1. The molecule has 0 aliphatic rings. The van der Waals surface area contributed by atoms with Gasteiger partial charge in [-0.05, 0) is 39.9 Å². The maximum absolute atomic E-state index is 8.74. The molecular weight excluding hydrogens is 446 g/mol. The molecule has 0 saturated carbocycles. The van der Waals surface area contributed by atoms with E-state index in [4.69, 9.17) is 10.8 Å². The van der Waals surface area contributed by atoms with E-state index < -0.39 is 0 Å². The Labute approximate surface area is 191 Å². The zero-order valence-electron chi connectivity index (χ0n) is 16.9. The van der Waals surface area contributed by atoms with E-state index in [2.05, 4.69) is 58.4 Å². The van der Waals surface area contributed by atoms with Crippen molar-refractivity contribution in [3.63, 3.8) is 0 Å². The van der Waals surface area contributed by atoms with E-state index in [0.717, 1.165) is 37.9 Å². The summed E-state index contributed by atoms with van der Waals surface area (Å²) in [5, 5.41) is 16.8. The van der Waals surface area contributed by atoms with Crippen LogP contribution in [0.5, 0.6) is 0 Å². The minimum atomic E-state index is 0.290. The topological polar surface area (TPSA) is 50.9 Å². The fraction of sp³-hybridized carbons (Fsp3) is 0.0370. The first-order chi connectivity index (χ1) is 15.2. The van der Waals surface area contributed by atoms with E-state index in [1.807, 2.05) is 60.7 Å². The molecular formula is C27H22BrN3. The van der Waals surface area contributed by atoms with Crippen molar-refractivity contribution < 1.29 is 0 Å². The molecule has 0 bridgehead atoms. The molecule has 2 N–H and O–H groups in total. The molecule has 0 saturated heterocycles. The zero-order chi connectivity index (χ0) is 21.6. The first-order valence-electron chi connectivity index (χ1n) is 10.0. The lowest BCUT2D eigenvalue weighted by atomic mass is 9.91. The smallest absolute Gasteiger partial charge is 0.133 e. The summed E-state index contributed by atoms with van der Waals surface area (Å²) in [4.78, 5) is 1.68. The van der Waals surface area contributed by atoms with E-state index in [0.29, 0.717) is 6.54 Å². The second-order valence-corrected chi connectivity index (χ2v) is 8.10. The Morgan fingerprint density at radius 3 is 1.81 bits per heavy atom. The normalized spacial score (nSPS) is 10.5. The summed E-state index contributed by atoms with van der Waals surface area (Å²) < 4.78 is 0.911. The van der Waals surface area contributed by atoms with Crippen LogP contribution < -0.4 is 0 Å². The van der Waals surface area contributed by atoms with Gasteiger partial charge in [-0.1, -0.05) is 107 Å².